The highest BCUT2D eigenvalue weighted by Crippen LogP contribution is 2.08. The minimum Gasteiger partial charge on any atom is -0.406 e. The quantitative estimate of drug-likeness (QED) is 0.824. The molecule has 0 bridgehead atoms. The fourth-order valence-electron chi connectivity index (χ4n) is 1.42. The van der Waals surface area contributed by atoms with E-state index in [4.69, 9.17) is 9.15 Å². The molecular weight excluding hydrogens is 220 g/mol. The van der Waals surface area contributed by atoms with Gasteiger partial charge in [0, 0.05) is 25.5 Å². The molecule has 0 aliphatic heterocycles. The molecule has 6 heteroatoms. The zero-order chi connectivity index (χ0) is 12.1. The van der Waals surface area contributed by atoms with E-state index in [1.165, 1.54) is 0 Å². The molecule has 2 heterocycles. The molecule has 1 N–H and O–H groups in total. The van der Waals surface area contributed by atoms with Crippen LogP contribution < -0.4 is 5.32 Å². The van der Waals surface area contributed by atoms with Gasteiger partial charge in [-0.05, 0) is 19.1 Å². The highest BCUT2D eigenvalue weighted by molar-refractivity contribution is 5.20. The number of ether oxygens (including phenoxy) is 1. The van der Waals surface area contributed by atoms with Gasteiger partial charge in [-0.15, -0.1) is 5.10 Å². The van der Waals surface area contributed by atoms with Crippen molar-refractivity contribution < 1.29 is 9.15 Å². The Morgan fingerprint density at radius 3 is 3.06 bits per heavy atom. The Labute approximate surface area is 99.6 Å². The van der Waals surface area contributed by atoms with Gasteiger partial charge in [-0.2, -0.15) is 0 Å². The largest absolute Gasteiger partial charge is 0.406 e. The second-order valence-corrected chi connectivity index (χ2v) is 3.60. The summed E-state index contributed by atoms with van der Waals surface area (Å²) in [5, 5.41) is 10.8. The van der Waals surface area contributed by atoms with Gasteiger partial charge in [-0.3, -0.25) is 0 Å². The Kier molecular flexibility index (Phi) is 3.77. The number of nitrogens with one attached hydrogen (secondary N) is 1. The summed E-state index contributed by atoms with van der Waals surface area (Å²) in [5.41, 5.74) is 1.15. The van der Waals surface area contributed by atoms with Crippen LogP contribution in [0.25, 0.3) is 0 Å². The molecular formula is C11H16N4O2. The van der Waals surface area contributed by atoms with Gasteiger partial charge in [0.2, 0.25) is 5.89 Å². The first-order valence-corrected chi connectivity index (χ1v) is 5.53. The number of anilines is 1. The zero-order valence-corrected chi connectivity index (χ0v) is 10.0. The predicted octanol–water partition coefficient (Wildman–Crippen LogP) is 1.56. The molecule has 17 heavy (non-hydrogen) atoms. The van der Waals surface area contributed by atoms with E-state index in [1.54, 1.807) is 0 Å². The minimum atomic E-state index is 0.356. The van der Waals surface area contributed by atoms with Crippen LogP contribution in [0.15, 0.2) is 22.7 Å². The van der Waals surface area contributed by atoms with Crippen molar-refractivity contribution in [3.63, 3.8) is 0 Å². The summed E-state index contributed by atoms with van der Waals surface area (Å²) in [7, 11) is 1.99. The maximum Gasteiger partial charge on any atom is 0.315 e. The van der Waals surface area contributed by atoms with E-state index in [0.717, 1.165) is 5.69 Å². The average Bonchev–Trinajstić information content (AvgIpc) is 2.93. The van der Waals surface area contributed by atoms with Crippen LogP contribution in [-0.2, 0) is 24.9 Å². The lowest BCUT2D eigenvalue weighted by atomic mass is 10.4. The van der Waals surface area contributed by atoms with E-state index in [1.807, 2.05) is 36.9 Å². The Morgan fingerprint density at radius 1 is 1.47 bits per heavy atom. The summed E-state index contributed by atoms with van der Waals surface area (Å²) in [4.78, 5) is 0. The number of aryl methyl sites for hydroxylation is 1. The molecule has 0 unspecified atom stereocenters. The summed E-state index contributed by atoms with van der Waals surface area (Å²) in [6.45, 7) is 3.56. The molecule has 0 fully saturated rings. The van der Waals surface area contributed by atoms with Crippen LogP contribution in [0.4, 0.5) is 6.01 Å². The molecule has 0 amide bonds. The predicted molar refractivity (Wildman–Crippen MR) is 62.4 cm³/mol. The van der Waals surface area contributed by atoms with E-state index < -0.39 is 0 Å². The third-order valence-corrected chi connectivity index (χ3v) is 2.37. The van der Waals surface area contributed by atoms with Gasteiger partial charge in [0.05, 0.1) is 6.54 Å². The first-order valence-electron chi connectivity index (χ1n) is 5.53. The highest BCUT2D eigenvalue weighted by atomic mass is 16.5. The van der Waals surface area contributed by atoms with E-state index >= 15 is 0 Å². The summed E-state index contributed by atoms with van der Waals surface area (Å²) in [6, 6.07) is 4.44. The molecule has 2 rings (SSSR count). The molecule has 0 spiro atoms. The maximum absolute atomic E-state index is 5.36. The van der Waals surface area contributed by atoms with Crippen molar-refractivity contribution in [2.75, 3.05) is 11.9 Å². The number of aromatic nitrogens is 3. The van der Waals surface area contributed by atoms with Crippen LogP contribution >= 0.6 is 0 Å². The van der Waals surface area contributed by atoms with Gasteiger partial charge in [-0.1, -0.05) is 5.10 Å². The second kappa shape index (κ2) is 5.49. The molecule has 0 aromatic carbocycles. The maximum atomic E-state index is 5.36. The normalized spacial score (nSPS) is 10.7. The lowest BCUT2D eigenvalue weighted by Gasteiger charge is -2.02. The fourth-order valence-corrected chi connectivity index (χ4v) is 1.42. The molecule has 6 nitrogen and oxygen atoms in total. The van der Waals surface area contributed by atoms with Crippen molar-refractivity contribution in [2.45, 2.75) is 20.1 Å². The van der Waals surface area contributed by atoms with Crippen LogP contribution in [0, 0.1) is 0 Å². The van der Waals surface area contributed by atoms with Crippen molar-refractivity contribution in [2.24, 2.45) is 7.05 Å². The van der Waals surface area contributed by atoms with E-state index in [9.17, 15) is 0 Å². The summed E-state index contributed by atoms with van der Waals surface area (Å²) in [5.74, 6) is 0.487. The molecule has 0 aliphatic rings. The smallest absolute Gasteiger partial charge is 0.315 e. The molecule has 92 valence electrons. The van der Waals surface area contributed by atoms with Crippen molar-refractivity contribution in [1.82, 2.24) is 14.8 Å². The minimum absolute atomic E-state index is 0.356. The molecule has 0 radical (unpaired) electrons. The number of nitrogens with zero attached hydrogens (tertiary/aromatic N) is 3. The fraction of sp³-hybridized carbons (Fsp3) is 0.455. The van der Waals surface area contributed by atoms with Crippen LogP contribution in [0.3, 0.4) is 0 Å². The first kappa shape index (κ1) is 11.7. The SMILES string of the molecule is CCOCc1nnc(NCc2cccn2C)o1. The lowest BCUT2D eigenvalue weighted by Crippen LogP contribution is -2.04. The van der Waals surface area contributed by atoms with Crippen molar-refractivity contribution in [1.29, 1.82) is 0 Å². The molecule has 2 aromatic rings. The number of hydrogen-bond donors (Lipinski definition) is 1. The standard InChI is InChI=1S/C11H16N4O2/c1-3-16-8-10-13-14-11(17-10)12-7-9-5-4-6-15(9)2/h4-6H,3,7-8H2,1-2H3,(H,12,14). The van der Waals surface area contributed by atoms with E-state index in [-0.39, 0.29) is 0 Å². The first-order chi connectivity index (χ1) is 8.29. The molecule has 0 atom stereocenters. The molecule has 0 saturated carbocycles. The summed E-state index contributed by atoms with van der Waals surface area (Å²) < 4.78 is 12.6. The topological polar surface area (TPSA) is 65.1 Å². The second-order valence-electron chi connectivity index (χ2n) is 3.60. The van der Waals surface area contributed by atoms with E-state index in [0.29, 0.717) is 31.7 Å². The Hall–Kier alpha value is -1.82. The molecule has 2 aromatic heterocycles. The Morgan fingerprint density at radius 2 is 2.35 bits per heavy atom. The number of hydrogen-bond acceptors (Lipinski definition) is 5. The monoisotopic (exact) mass is 236 g/mol. The molecule has 0 aliphatic carbocycles. The van der Waals surface area contributed by atoms with Crippen molar-refractivity contribution >= 4 is 6.01 Å². The average molecular weight is 236 g/mol. The summed E-state index contributed by atoms with van der Waals surface area (Å²) >= 11 is 0. The zero-order valence-electron chi connectivity index (χ0n) is 10.0. The van der Waals surface area contributed by atoms with Gasteiger partial charge in [0.1, 0.15) is 6.61 Å². The van der Waals surface area contributed by atoms with Crippen LogP contribution in [-0.4, -0.2) is 21.4 Å². The summed E-state index contributed by atoms with van der Waals surface area (Å²) in [6.07, 6.45) is 1.99. The number of rotatable bonds is 6. The van der Waals surface area contributed by atoms with Crippen molar-refractivity contribution in [3.8, 4) is 0 Å². The van der Waals surface area contributed by atoms with Crippen LogP contribution in [0.2, 0.25) is 0 Å². The van der Waals surface area contributed by atoms with Gasteiger partial charge >= 0.3 is 6.01 Å². The van der Waals surface area contributed by atoms with Gasteiger partial charge in [0.15, 0.2) is 0 Å². The van der Waals surface area contributed by atoms with E-state index in [2.05, 4.69) is 15.5 Å². The van der Waals surface area contributed by atoms with Crippen LogP contribution in [0.1, 0.15) is 18.5 Å². The highest BCUT2D eigenvalue weighted by Gasteiger charge is 2.05. The van der Waals surface area contributed by atoms with Gasteiger partial charge < -0.3 is 19.0 Å². The Bertz CT molecular complexity index is 463. The third-order valence-electron chi connectivity index (χ3n) is 2.37. The van der Waals surface area contributed by atoms with Gasteiger partial charge in [-0.25, -0.2) is 0 Å². The Balaban J connectivity index is 1.87. The molecule has 0 saturated heterocycles. The van der Waals surface area contributed by atoms with Crippen LogP contribution in [0.5, 0.6) is 0 Å². The van der Waals surface area contributed by atoms with Crippen molar-refractivity contribution in [3.05, 3.63) is 29.9 Å². The third kappa shape index (κ3) is 3.07. The van der Waals surface area contributed by atoms with Gasteiger partial charge in [0.25, 0.3) is 0 Å². The lowest BCUT2D eigenvalue weighted by molar-refractivity contribution is 0.115.